The van der Waals surface area contributed by atoms with Crippen molar-refractivity contribution in [3.63, 3.8) is 0 Å². The first-order chi connectivity index (χ1) is 7.83. The highest BCUT2D eigenvalue weighted by Crippen LogP contribution is 2.29. The van der Waals surface area contributed by atoms with E-state index in [4.69, 9.17) is 10.5 Å². The summed E-state index contributed by atoms with van der Waals surface area (Å²) < 4.78 is 7.44. The van der Waals surface area contributed by atoms with Crippen molar-refractivity contribution in [3.8, 4) is 0 Å². The van der Waals surface area contributed by atoms with E-state index in [2.05, 4.69) is 5.10 Å². The normalized spacial score (nSPS) is 17.9. The van der Waals surface area contributed by atoms with Crippen LogP contribution in [0.15, 0.2) is 6.20 Å². The second-order valence-electron chi connectivity index (χ2n) is 4.46. The highest BCUT2D eigenvalue weighted by atomic mass is 16.5. The molecule has 0 radical (unpaired) electrons. The van der Waals surface area contributed by atoms with Crippen LogP contribution in [0.25, 0.3) is 0 Å². The number of rotatable bonds is 4. The van der Waals surface area contributed by atoms with E-state index in [1.165, 1.54) is 11.3 Å². The minimum absolute atomic E-state index is 0.619. The molecule has 0 aromatic carbocycles. The molecule has 0 aliphatic carbocycles. The first kappa shape index (κ1) is 11.6. The summed E-state index contributed by atoms with van der Waals surface area (Å²) >= 11 is 0. The van der Waals surface area contributed by atoms with Crippen molar-refractivity contribution in [2.24, 2.45) is 12.8 Å². The van der Waals surface area contributed by atoms with E-state index >= 15 is 0 Å². The van der Waals surface area contributed by atoms with E-state index in [0.29, 0.717) is 5.92 Å². The van der Waals surface area contributed by atoms with Crippen molar-refractivity contribution >= 4 is 0 Å². The number of ether oxygens (including phenoxy) is 1. The fraction of sp³-hybridized carbons (Fsp3) is 0.750. The zero-order valence-corrected chi connectivity index (χ0v) is 9.98. The standard InChI is InChI=1S/C12H21N3O/c1-15-12(10-4-7-16-8-5-10)11(9-14-15)3-2-6-13/h9-10H,2-8,13H2,1H3. The molecular weight excluding hydrogens is 202 g/mol. The van der Waals surface area contributed by atoms with Crippen LogP contribution >= 0.6 is 0 Å². The van der Waals surface area contributed by atoms with Gasteiger partial charge in [-0.2, -0.15) is 5.10 Å². The van der Waals surface area contributed by atoms with Crippen LogP contribution in [-0.4, -0.2) is 29.5 Å². The third-order valence-corrected chi connectivity index (χ3v) is 3.32. The second-order valence-corrected chi connectivity index (χ2v) is 4.46. The van der Waals surface area contributed by atoms with Crippen LogP contribution in [0, 0.1) is 0 Å². The van der Waals surface area contributed by atoms with Crippen molar-refractivity contribution in [3.05, 3.63) is 17.5 Å². The number of nitrogens with zero attached hydrogens (tertiary/aromatic N) is 2. The van der Waals surface area contributed by atoms with Crippen LogP contribution < -0.4 is 5.73 Å². The molecule has 1 fully saturated rings. The Morgan fingerprint density at radius 2 is 2.25 bits per heavy atom. The first-order valence-electron chi connectivity index (χ1n) is 6.11. The molecule has 1 aromatic rings. The van der Waals surface area contributed by atoms with Gasteiger partial charge in [-0.15, -0.1) is 0 Å². The maximum Gasteiger partial charge on any atom is 0.0524 e. The Labute approximate surface area is 96.8 Å². The van der Waals surface area contributed by atoms with Gasteiger partial charge in [0, 0.05) is 31.9 Å². The molecule has 1 saturated heterocycles. The summed E-state index contributed by atoms with van der Waals surface area (Å²) in [5.41, 5.74) is 8.34. The number of nitrogens with two attached hydrogens (primary N) is 1. The first-order valence-corrected chi connectivity index (χ1v) is 6.11. The minimum Gasteiger partial charge on any atom is -0.381 e. The predicted molar refractivity (Wildman–Crippen MR) is 63.4 cm³/mol. The minimum atomic E-state index is 0.619. The van der Waals surface area contributed by atoms with E-state index < -0.39 is 0 Å². The molecule has 1 aliphatic rings. The number of hydrogen-bond donors (Lipinski definition) is 1. The Morgan fingerprint density at radius 1 is 1.50 bits per heavy atom. The molecule has 0 saturated carbocycles. The molecule has 1 aliphatic heterocycles. The van der Waals surface area contributed by atoms with Crippen LogP contribution in [-0.2, 0) is 18.2 Å². The summed E-state index contributed by atoms with van der Waals surface area (Å²) in [5, 5.41) is 4.38. The van der Waals surface area contributed by atoms with Crippen LogP contribution in [0.3, 0.4) is 0 Å². The van der Waals surface area contributed by atoms with Crippen molar-refractivity contribution < 1.29 is 4.74 Å². The van der Waals surface area contributed by atoms with E-state index in [1.54, 1.807) is 0 Å². The monoisotopic (exact) mass is 223 g/mol. The van der Waals surface area contributed by atoms with Crippen molar-refractivity contribution in [2.75, 3.05) is 19.8 Å². The topological polar surface area (TPSA) is 53.1 Å². The molecule has 4 nitrogen and oxygen atoms in total. The Kier molecular flexibility index (Phi) is 3.96. The lowest BCUT2D eigenvalue weighted by atomic mass is 9.92. The molecule has 1 aromatic heterocycles. The lowest BCUT2D eigenvalue weighted by Crippen LogP contribution is -2.18. The largest absolute Gasteiger partial charge is 0.381 e. The average molecular weight is 223 g/mol. The van der Waals surface area contributed by atoms with Gasteiger partial charge in [0.05, 0.1) is 6.20 Å². The summed E-state index contributed by atoms with van der Waals surface area (Å²) in [6, 6.07) is 0. The molecule has 90 valence electrons. The Hall–Kier alpha value is -0.870. The Balaban J connectivity index is 2.13. The quantitative estimate of drug-likeness (QED) is 0.834. The lowest BCUT2D eigenvalue weighted by molar-refractivity contribution is 0.0835. The third kappa shape index (κ3) is 2.44. The molecule has 2 rings (SSSR count). The van der Waals surface area contributed by atoms with Gasteiger partial charge >= 0.3 is 0 Å². The van der Waals surface area contributed by atoms with Crippen molar-refractivity contribution in [2.45, 2.75) is 31.6 Å². The molecule has 4 heteroatoms. The van der Waals surface area contributed by atoms with Gasteiger partial charge < -0.3 is 10.5 Å². The Bertz CT molecular complexity index is 329. The summed E-state index contributed by atoms with van der Waals surface area (Å²) in [7, 11) is 2.04. The zero-order valence-electron chi connectivity index (χ0n) is 9.98. The summed E-state index contributed by atoms with van der Waals surface area (Å²) in [5.74, 6) is 0.619. The van der Waals surface area contributed by atoms with Crippen molar-refractivity contribution in [1.82, 2.24) is 9.78 Å². The van der Waals surface area contributed by atoms with Gasteiger partial charge in [-0.3, -0.25) is 4.68 Å². The van der Waals surface area contributed by atoms with Gasteiger partial charge in [-0.25, -0.2) is 0 Å². The smallest absolute Gasteiger partial charge is 0.0524 e. The van der Waals surface area contributed by atoms with Crippen molar-refractivity contribution in [1.29, 1.82) is 0 Å². The van der Waals surface area contributed by atoms with Crippen LogP contribution in [0.2, 0.25) is 0 Å². The highest BCUT2D eigenvalue weighted by Gasteiger charge is 2.21. The SMILES string of the molecule is Cn1ncc(CCCN)c1C1CCOCC1. The van der Waals surface area contributed by atoms with Crippen LogP contribution in [0.1, 0.15) is 36.4 Å². The van der Waals surface area contributed by atoms with E-state index in [-0.39, 0.29) is 0 Å². The molecule has 2 N–H and O–H groups in total. The number of aromatic nitrogens is 2. The average Bonchev–Trinajstić information content (AvgIpc) is 2.69. The maximum absolute atomic E-state index is 5.56. The zero-order chi connectivity index (χ0) is 11.4. The van der Waals surface area contributed by atoms with Crippen LogP contribution in [0.4, 0.5) is 0 Å². The van der Waals surface area contributed by atoms with E-state index in [9.17, 15) is 0 Å². The molecule has 0 unspecified atom stereocenters. The Morgan fingerprint density at radius 3 is 2.94 bits per heavy atom. The molecule has 0 amide bonds. The molecule has 16 heavy (non-hydrogen) atoms. The van der Waals surface area contributed by atoms with Gasteiger partial charge in [0.2, 0.25) is 0 Å². The maximum atomic E-state index is 5.56. The van der Waals surface area contributed by atoms with E-state index in [0.717, 1.165) is 45.4 Å². The molecular formula is C12H21N3O. The molecule has 0 spiro atoms. The summed E-state index contributed by atoms with van der Waals surface area (Å²) in [4.78, 5) is 0. The lowest BCUT2D eigenvalue weighted by Gasteiger charge is -2.23. The molecule has 0 bridgehead atoms. The number of aryl methyl sites for hydroxylation is 2. The predicted octanol–water partition coefficient (Wildman–Crippen LogP) is 1.21. The number of hydrogen-bond acceptors (Lipinski definition) is 3. The van der Waals surface area contributed by atoms with Gasteiger partial charge in [0.1, 0.15) is 0 Å². The van der Waals surface area contributed by atoms with Gasteiger partial charge in [-0.1, -0.05) is 0 Å². The van der Waals surface area contributed by atoms with Crippen LogP contribution in [0.5, 0.6) is 0 Å². The fourth-order valence-corrected chi connectivity index (χ4v) is 2.48. The summed E-state index contributed by atoms with van der Waals surface area (Å²) in [6.45, 7) is 2.51. The van der Waals surface area contributed by atoms with Gasteiger partial charge in [-0.05, 0) is 37.8 Å². The third-order valence-electron chi connectivity index (χ3n) is 3.32. The highest BCUT2D eigenvalue weighted by molar-refractivity contribution is 5.22. The summed E-state index contributed by atoms with van der Waals surface area (Å²) in [6.07, 6.45) is 6.34. The van der Waals surface area contributed by atoms with Gasteiger partial charge in [0.25, 0.3) is 0 Å². The second kappa shape index (κ2) is 5.46. The van der Waals surface area contributed by atoms with Gasteiger partial charge in [0.15, 0.2) is 0 Å². The molecule has 2 heterocycles. The molecule has 0 atom stereocenters. The fourth-order valence-electron chi connectivity index (χ4n) is 2.48. The van der Waals surface area contributed by atoms with E-state index in [1.807, 2.05) is 17.9 Å².